The Morgan fingerprint density at radius 1 is 1.25 bits per heavy atom. The number of aryl methyl sites for hydroxylation is 1. The normalized spacial score (nSPS) is 21.4. The highest BCUT2D eigenvalue weighted by Gasteiger charge is 2.32. The highest BCUT2D eigenvalue weighted by atomic mass is 15.2. The third kappa shape index (κ3) is 3.24. The van der Waals surface area contributed by atoms with E-state index >= 15 is 0 Å². The van der Waals surface area contributed by atoms with Gasteiger partial charge in [-0.25, -0.2) is 0 Å². The molecule has 0 saturated carbocycles. The van der Waals surface area contributed by atoms with Gasteiger partial charge in [0.25, 0.3) is 0 Å². The van der Waals surface area contributed by atoms with Gasteiger partial charge in [-0.15, -0.1) is 0 Å². The predicted molar refractivity (Wildman–Crippen MR) is 87.1 cm³/mol. The average molecular weight is 274 g/mol. The van der Waals surface area contributed by atoms with E-state index in [-0.39, 0.29) is 0 Å². The Kier molecular flexibility index (Phi) is 5.22. The Labute approximate surface area is 124 Å². The molecule has 1 aliphatic heterocycles. The lowest BCUT2D eigenvalue weighted by Gasteiger charge is -2.38. The van der Waals surface area contributed by atoms with Crippen molar-refractivity contribution in [2.45, 2.75) is 58.5 Å². The summed E-state index contributed by atoms with van der Waals surface area (Å²) >= 11 is 0. The topological polar surface area (TPSA) is 15.3 Å². The molecule has 1 unspecified atom stereocenters. The molecule has 0 bridgehead atoms. The minimum atomic E-state index is 0.299. The average Bonchev–Trinajstić information content (AvgIpc) is 2.70. The second kappa shape index (κ2) is 6.73. The molecule has 20 heavy (non-hydrogen) atoms. The highest BCUT2D eigenvalue weighted by Crippen LogP contribution is 2.28. The van der Waals surface area contributed by atoms with Crippen LogP contribution in [0, 0.1) is 6.92 Å². The van der Waals surface area contributed by atoms with Gasteiger partial charge >= 0.3 is 0 Å². The summed E-state index contributed by atoms with van der Waals surface area (Å²) in [4.78, 5) is 2.68. The fraction of sp³-hybridized carbons (Fsp3) is 0.667. The Balaban J connectivity index is 2.20. The predicted octanol–water partition coefficient (Wildman–Crippen LogP) is 3.91. The van der Waals surface area contributed by atoms with Crippen LogP contribution in [0.4, 0.5) is 0 Å². The van der Waals surface area contributed by atoms with Crippen LogP contribution in [-0.4, -0.2) is 30.1 Å². The van der Waals surface area contributed by atoms with Gasteiger partial charge in [0.05, 0.1) is 0 Å². The summed E-state index contributed by atoms with van der Waals surface area (Å²) in [5.41, 5.74) is 3.19. The van der Waals surface area contributed by atoms with Crippen molar-refractivity contribution in [3.63, 3.8) is 0 Å². The highest BCUT2D eigenvalue weighted by molar-refractivity contribution is 5.28. The van der Waals surface area contributed by atoms with Crippen molar-refractivity contribution in [2.24, 2.45) is 0 Å². The van der Waals surface area contributed by atoms with E-state index in [0.29, 0.717) is 11.6 Å². The first kappa shape index (κ1) is 15.5. The fourth-order valence-corrected chi connectivity index (χ4v) is 3.47. The van der Waals surface area contributed by atoms with Crippen molar-refractivity contribution in [3.8, 4) is 0 Å². The number of benzene rings is 1. The summed E-state index contributed by atoms with van der Waals surface area (Å²) in [5.74, 6) is 0. The van der Waals surface area contributed by atoms with E-state index in [2.05, 4.69) is 62.2 Å². The first-order chi connectivity index (χ1) is 9.62. The van der Waals surface area contributed by atoms with E-state index in [0.717, 1.165) is 13.1 Å². The molecule has 112 valence electrons. The minimum absolute atomic E-state index is 0.299. The quantitative estimate of drug-likeness (QED) is 0.895. The van der Waals surface area contributed by atoms with Crippen molar-refractivity contribution < 1.29 is 0 Å². The van der Waals surface area contributed by atoms with Crippen LogP contribution in [0.25, 0.3) is 0 Å². The van der Waals surface area contributed by atoms with Gasteiger partial charge in [-0.1, -0.05) is 38.1 Å². The molecule has 2 heteroatoms. The van der Waals surface area contributed by atoms with Crippen molar-refractivity contribution in [2.75, 3.05) is 19.6 Å². The van der Waals surface area contributed by atoms with Crippen molar-refractivity contribution in [1.29, 1.82) is 0 Å². The minimum Gasteiger partial charge on any atom is -0.310 e. The Morgan fingerprint density at radius 2 is 1.95 bits per heavy atom. The third-order valence-electron chi connectivity index (χ3n) is 5.17. The van der Waals surface area contributed by atoms with E-state index in [9.17, 15) is 0 Å². The standard InChI is InChI=1S/C18H30N2/c1-5-18(6-2)14-20(13-9-12-19-18)16(4)17-11-8-7-10-15(17)3/h7-8,10-11,16,19H,5-6,9,12-14H2,1-4H3. The zero-order valence-corrected chi connectivity index (χ0v) is 13.6. The molecular formula is C18H30N2. The maximum Gasteiger partial charge on any atom is 0.0323 e. The van der Waals surface area contributed by atoms with Crippen molar-refractivity contribution >= 4 is 0 Å². The summed E-state index contributed by atoms with van der Waals surface area (Å²) in [7, 11) is 0. The van der Waals surface area contributed by atoms with Gasteiger partial charge in [-0.05, 0) is 50.8 Å². The van der Waals surface area contributed by atoms with Crippen LogP contribution < -0.4 is 5.32 Å². The molecule has 1 aromatic rings. The zero-order chi connectivity index (χ0) is 14.6. The molecule has 0 radical (unpaired) electrons. The Bertz CT molecular complexity index is 423. The molecule has 1 heterocycles. The van der Waals surface area contributed by atoms with Gasteiger partial charge in [0.2, 0.25) is 0 Å². The molecular weight excluding hydrogens is 244 g/mol. The Hall–Kier alpha value is -0.860. The number of nitrogens with one attached hydrogen (secondary N) is 1. The van der Waals surface area contributed by atoms with Crippen LogP contribution in [0.3, 0.4) is 0 Å². The lowest BCUT2D eigenvalue weighted by Crippen LogP contribution is -2.51. The van der Waals surface area contributed by atoms with Crippen molar-refractivity contribution in [1.82, 2.24) is 10.2 Å². The van der Waals surface area contributed by atoms with E-state index in [1.54, 1.807) is 0 Å². The molecule has 2 nitrogen and oxygen atoms in total. The second-order valence-electron chi connectivity index (χ2n) is 6.27. The molecule has 0 spiro atoms. The summed E-state index contributed by atoms with van der Waals surface area (Å²) in [6.07, 6.45) is 3.67. The summed E-state index contributed by atoms with van der Waals surface area (Å²) in [6, 6.07) is 9.33. The van der Waals surface area contributed by atoms with Gasteiger partial charge in [-0.2, -0.15) is 0 Å². The number of hydrogen-bond donors (Lipinski definition) is 1. The Morgan fingerprint density at radius 3 is 2.60 bits per heavy atom. The van der Waals surface area contributed by atoms with Crippen LogP contribution in [0.2, 0.25) is 0 Å². The van der Waals surface area contributed by atoms with E-state index < -0.39 is 0 Å². The lowest BCUT2D eigenvalue weighted by molar-refractivity contribution is 0.156. The van der Waals surface area contributed by atoms with Gasteiger partial charge < -0.3 is 5.32 Å². The molecule has 0 amide bonds. The first-order valence-corrected chi connectivity index (χ1v) is 8.16. The number of nitrogens with zero attached hydrogens (tertiary/aromatic N) is 1. The number of hydrogen-bond acceptors (Lipinski definition) is 2. The lowest BCUT2D eigenvalue weighted by atomic mass is 9.91. The van der Waals surface area contributed by atoms with E-state index in [4.69, 9.17) is 0 Å². The number of rotatable bonds is 4. The van der Waals surface area contributed by atoms with Gasteiger partial charge in [0, 0.05) is 24.7 Å². The van der Waals surface area contributed by atoms with E-state index in [1.165, 1.54) is 36.9 Å². The largest absolute Gasteiger partial charge is 0.310 e. The summed E-state index contributed by atoms with van der Waals surface area (Å²) in [6.45, 7) is 12.7. The van der Waals surface area contributed by atoms with Crippen LogP contribution >= 0.6 is 0 Å². The van der Waals surface area contributed by atoms with Crippen LogP contribution in [-0.2, 0) is 0 Å². The van der Waals surface area contributed by atoms with Crippen LogP contribution in [0.5, 0.6) is 0 Å². The molecule has 1 N–H and O–H groups in total. The molecule has 1 fully saturated rings. The fourth-order valence-electron chi connectivity index (χ4n) is 3.47. The van der Waals surface area contributed by atoms with Gasteiger partial charge in [0.1, 0.15) is 0 Å². The monoisotopic (exact) mass is 274 g/mol. The molecule has 1 saturated heterocycles. The van der Waals surface area contributed by atoms with E-state index in [1.807, 2.05) is 0 Å². The summed E-state index contributed by atoms with van der Waals surface area (Å²) in [5, 5.41) is 3.80. The van der Waals surface area contributed by atoms with Crippen molar-refractivity contribution in [3.05, 3.63) is 35.4 Å². The first-order valence-electron chi connectivity index (χ1n) is 8.16. The maximum atomic E-state index is 3.80. The molecule has 1 aliphatic rings. The molecule has 1 aromatic carbocycles. The zero-order valence-electron chi connectivity index (χ0n) is 13.6. The van der Waals surface area contributed by atoms with Crippen LogP contribution in [0.1, 0.15) is 57.2 Å². The SMILES string of the molecule is CCC1(CC)CN(C(C)c2ccccc2C)CCCN1. The molecule has 0 aliphatic carbocycles. The summed E-state index contributed by atoms with van der Waals surface area (Å²) < 4.78 is 0. The smallest absolute Gasteiger partial charge is 0.0323 e. The maximum absolute atomic E-state index is 3.80. The molecule has 2 rings (SSSR count). The van der Waals surface area contributed by atoms with Gasteiger partial charge in [0.15, 0.2) is 0 Å². The molecule has 0 aromatic heterocycles. The third-order valence-corrected chi connectivity index (χ3v) is 5.17. The molecule has 1 atom stereocenters. The second-order valence-corrected chi connectivity index (χ2v) is 6.27. The van der Waals surface area contributed by atoms with Gasteiger partial charge in [-0.3, -0.25) is 4.90 Å². The van der Waals surface area contributed by atoms with Crippen LogP contribution in [0.15, 0.2) is 24.3 Å².